The summed E-state index contributed by atoms with van der Waals surface area (Å²) in [5.41, 5.74) is 1.20. The van der Waals surface area contributed by atoms with E-state index in [0.717, 1.165) is 12.0 Å². The van der Waals surface area contributed by atoms with Crippen molar-refractivity contribution < 1.29 is 15.0 Å². The minimum Gasteiger partial charge on any atom is -0.478 e. The molecule has 2 aliphatic rings. The molecule has 122 valence electrons. The van der Waals surface area contributed by atoms with Crippen LogP contribution in [-0.4, -0.2) is 22.3 Å². The molecule has 2 N–H and O–H groups in total. The number of carboxylic acid groups (broad SMARTS) is 1. The van der Waals surface area contributed by atoms with Crippen LogP contribution in [0.15, 0.2) is 36.0 Å². The number of rotatable bonds is 3. The summed E-state index contributed by atoms with van der Waals surface area (Å²) in [5.74, 6) is 0.604. The van der Waals surface area contributed by atoms with Crippen molar-refractivity contribution in [2.75, 3.05) is 0 Å². The lowest BCUT2D eigenvalue weighted by Crippen LogP contribution is -2.47. The van der Waals surface area contributed by atoms with E-state index >= 15 is 0 Å². The fourth-order valence-corrected chi connectivity index (χ4v) is 4.60. The van der Waals surface area contributed by atoms with Gasteiger partial charge in [0.05, 0.1) is 6.10 Å². The van der Waals surface area contributed by atoms with Crippen LogP contribution in [0.5, 0.6) is 0 Å². The number of hydrogen-bond donors (Lipinski definition) is 2. The average Bonchev–Trinajstić information content (AvgIpc) is 2.47. The molecule has 1 fully saturated rings. The van der Waals surface area contributed by atoms with Crippen molar-refractivity contribution in [3.8, 4) is 0 Å². The van der Waals surface area contributed by atoms with Gasteiger partial charge in [-0.3, -0.25) is 0 Å². The summed E-state index contributed by atoms with van der Waals surface area (Å²) in [6.07, 6.45) is 6.84. The Hall–Kier alpha value is -1.35. The third kappa shape index (κ3) is 2.79. The Labute approximate surface area is 133 Å². The van der Waals surface area contributed by atoms with Crippen molar-refractivity contribution in [1.82, 2.24) is 0 Å². The van der Waals surface area contributed by atoms with Crippen LogP contribution >= 0.6 is 0 Å². The number of carbonyl (C=O) groups is 1. The van der Waals surface area contributed by atoms with Crippen LogP contribution in [0.3, 0.4) is 0 Å². The van der Waals surface area contributed by atoms with Gasteiger partial charge in [0.25, 0.3) is 0 Å². The molecular weight excluding hydrogens is 276 g/mol. The Morgan fingerprint density at radius 2 is 1.91 bits per heavy atom. The number of fused-ring (bicyclic) bond motifs is 1. The SMILES string of the molecule is C=CC(=C(C)C(=O)O)[C@@H]1[C@H]2[C@H](C)[C@@H](O)[C@H](C)C[C@@H]2C=C[C@@H]1C. The first-order chi connectivity index (χ1) is 10.3. The Bertz CT molecular complexity index is 517. The number of aliphatic carboxylic acids is 1. The summed E-state index contributed by atoms with van der Waals surface area (Å²) in [7, 11) is 0. The van der Waals surface area contributed by atoms with Crippen molar-refractivity contribution in [3.63, 3.8) is 0 Å². The van der Waals surface area contributed by atoms with Crippen molar-refractivity contribution in [1.29, 1.82) is 0 Å². The quantitative estimate of drug-likeness (QED) is 0.475. The summed E-state index contributed by atoms with van der Waals surface area (Å²) in [6, 6.07) is 0. The summed E-state index contributed by atoms with van der Waals surface area (Å²) < 4.78 is 0. The van der Waals surface area contributed by atoms with E-state index in [9.17, 15) is 15.0 Å². The predicted molar refractivity (Wildman–Crippen MR) is 88.3 cm³/mol. The average molecular weight is 304 g/mol. The van der Waals surface area contributed by atoms with Gasteiger partial charge in [-0.05, 0) is 54.4 Å². The molecule has 7 atom stereocenters. The topological polar surface area (TPSA) is 57.5 Å². The van der Waals surface area contributed by atoms with E-state index in [1.54, 1.807) is 13.0 Å². The van der Waals surface area contributed by atoms with Crippen LogP contribution in [-0.2, 0) is 4.79 Å². The van der Waals surface area contributed by atoms with Crippen LogP contribution in [0, 0.1) is 35.5 Å². The molecule has 3 heteroatoms. The summed E-state index contributed by atoms with van der Waals surface area (Å²) in [6.45, 7) is 11.9. The molecule has 22 heavy (non-hydrogen) atoms. The standard InChI is InChI=1S/C19H28O3/c1-6-15(12(4)19(21)22)16-10(2)7-8-14-9-11(3)18(20)13(5)17(14)16/h6-8,10-11,13-14,16-18,20H,1,9H2,2-5H3,(H,21,22)/t10-,11+,13-,14-,16+,17-,18-/m0/s1. The van der Waals surface area contributed by atoms with Crippen molar-refractivity contribution in [2.24, 2.45) is 35.5 Å². The monoisotopic (exact) mass is 304 g/mol. The van der Waals surface area contributed by atoms with Gasteiger partial charge in [0.2, 0.25) is 0 Å². The second-order valence-electron chi connectivity index (χ2n) is 7.16. The summed E-state index contributed by atoms with van der Waals surface area (Å²) in [4.78, 5) is 11.4. The minimum atomic E-state index is -0.884. The van der Waals surface area contributed by atoms with E-state index in [2.05, 4.69) is 39.5 Å². The lowest BCUT2D eigenvalue weighted by atomic mass is 9.56. The summed E-state index contributed by atoms with van der Waals surface area (Å²) >= 11 is 0. The maximum absolute atomic E-state index is 11.4. The van der Waals surface area contributed by atoms with Gasteiger partial charge in [-0.1, -0.05) is 45.6 Å². The molecular formula is C19H28O3. The predicted octanol–water partition coefficient (Wildman–Crippen LogP) is 3.66. The fourth-order valence-electron chi connectivity index (χ4n) is 4.60. The zero-order chi connectivity index (χ0) is 16.6. The molecule has 0 bridgehead atoms. The number of hydrogen-bond acceptors (Lipinski definition) is 2. The second kappa shape index (κ2) is 6.41. The van der Waals surface area contributed by atoms with Gasteiger partial charge in [-0.2, -0.15) is 0 Å². The lowest BCUT2D eigenvalue weighted by Gasteiger charge is -2.49. The second-order valence-corrected chi connectivity index (χ2v) is 7.16. The number of aliphatic hydroxyl groups is 1. The highest BCUT2D eigenvalue weighted by Crippen LogP contribution is 2.50. The van der Waals surface area contributed by atoms with Crippen LogP contribution < -0.4 is 0 Å². The first-order valence-corrected chi connectivity index (χ1v) is 8.22. The first kappa shape index (κ1) is 17.0. The zero-order valence-corrected chi connectivity index (χ0v) is 14.0. The van der Waals surface area contributed by atoms with Gasteiger partial charge in [0.15, 0.2) is 0 Å². The minimum absolute atomic E-state index is 0.112. The molecule has 0 saturated heterocycles. The van der Waals surface area contributed by atoms with Crippen molar-refractivity contribution in [2.45, 2.75) is 40.2 Å². The van der Waals surface area contributed by atoms with E-state index in [-0.39, 0.29) is 35.7 Å². The maximum atomic E-state index is 11.4. The molecule has 0 aromatic rings. The Morgan fingerprint density at radius 1 is 1.27 bits per heavy atom. The zero-order valence-electron chi connectivity index (χ0n) is 14.0. The van der Waals surface area contributed by atoms with E-state index in [1.807, 2.05) is 0 Å². The third-order valence-electron chi connectivity index (χ3n) is 5.84. The van der Waals surface area contributed by atoms with Gasteiger partial charge in [0.1, 0.15) is 0 Å². The maximum Gasteiger partial charge on any atom is 0.331 e. The number of carboxylic acids is 1. The Balaban J connectivity index is 2.49. The van der Waals surface area contributed by atoms with Gasteiger partial charge in [0, 0.05) is 5.57 Å². The van der Waals surface area contributed by atoms with Gasteiger partial charge >= 0.3 is 5.97 Å². The smallest absolute Gasteiger partial charge is 0.331 e. The molecule has 0 heterocycles. The first-order valence-electron chi connectivity index (χ1n) is 8.22. The van der Waals surface area contributed by atoms with E-state index < -0.39 is 5.97 Å². The number of aliphatic hydroxyl groups excluding tert-OH is 1. The molecule has 2 aliphatic carbocycles. The molecule has 0 unspecified atom stereocenters. The molecule has 1 saturated carbocycles. The highest BCUT2D eigenvalue weighted by Gasteiger charge is 2.46. The highest BCUT2D eigenvalue weighted by atomic mass is 16.4. The normalized spacial score (nSPS) is 42.3. The van der Waals surface area contributed by atoms with Crippen LogP contribution in [0.4, 0.5) is 0 Å². The number of allylic oxidation sites excluding steroid dienone is 4. The molecule has 0 aromatic carbocycles. The fraction of sp³-hybridized carbons (Fsp3) is 0.632. The van der Waals surface area contributed by atoms with Crippen molar-refractivity contribution in [3.05, 3.63) is 36.0 Å². The summed E-state index contributed by atoms with van der Waals surface area (Å²) in [5, 5.41) is 19.9. The molecule has 0 spiro atoms. The molecule has 3 nitrogen and oxygen atoms in total. The molecule has 0 radical (unpaired) electrons. The molecule has 0 aromatic heterocycles. The van der Waals surface area contributed by atoms with Gasteiger partial charge in [-0.15, -0.1) is 0 Å². The molecule has 2 rings (SSSR count). The molecule has 0 amide bonds. The lowest BCUT2D eigenvalue weighted by molar-refractivity contribution is -0.132. The van der Waals surface area contributed by atoms with Gasteiger partial charge in [-0.25, -0.2) is 4.79 Å². The Kier molecular flexibility index (Phi) is 4.96. The van der Waals surface area contributed by atoms with Crippen LogP contribution in [0.2, 0.25) is 0 Å². The van der Waals surface area contributed by atoms with E-state index in [1.165, 1.54) is 0 Å². The largest absolute Gasteiger partial charge is 0.478 e. The van der Waals surface area contributed by atoms with Crippen LogP contribution in [0.1, 0.15) is 34.1 Å². The third-order valence-corrected chi connectivity index (χ3v) is 5.84. The van der Waals surface area contributed by atoms with Crippen molar-refractivity contribution >= 4 is 5.97 Å². The van der Waals surface area contributed by atoms with Crippen LogP contribution in [0.25, 0.3) is 0 Å². The van der Waals surface area contributed by atoms with Gasteiger partial charge < -0.3 is 10.2 Å². The van der Waals surface area contributed by atoms with E-state index in [4.69, 9.17) is 0 Å². The van der Waals surface area contributed by atoms with E-state index in [0.29, 0.717) is 11.5 Å². The Morgan fingerprint density at radius 3 is 2.45 bits per heavy atom. The highest BCUT2D eigenvalue weighted by molar-refractivity contribution is 5.87. The molecule has 0 aliphatic heterocycles.